The van der Waals surface area contributed by atoms with Gasteiger partial charge in [0, 0.05) is 12.8 Å². The molecule has 0 saturated heterocycles. The fourth-order valence-corrected chi connectivity index (χ4v) is 0.295. The molecule has 0 aliphatic rings. The fourth-order valence-electron chi connectivity index (χ4n) is 0.218. The van der Waals surface area contributed by atoms with E-state index in [1.54, 1.807) is 0 Å². The second-order valence-electron chi connectivity index (χ2n) is 1.35. The number of halogens is 3. The van der Waals surface area contributed by atoms with Crippen LogP contribution in [0.15, 0.2) is 0 Å². The van der Waals surface area contributed by atoms with E-state index in [0.717, 1.165) is 0 Å². The van der Waals surface area contributed by atoms with Gasteiger partial charge in [0.05, 0.1) is 6.61 Å². The summed E-state index contributed by atoms with van der Waals surface area (Å²) in [7, 11) is 0. The molecule has 0 spiro atoms. The van der Waals surface area contributed by atoms with Crippen LogP contribution >= 0.6 is 11.6 Å². The van der Waals surface area contributed by atoms with Gasteiger partial charge >= 0.3 is 6.11 Å². The monoisotopic (exact) mass is 144 g/mol. The van der Waals surface area contributed by atoms with Gasteiger partial charge in [-0.15, -0.1) is 11.6 Å². The molecule has 0 bridgehead atoms. The molecule has 1 nitrogen and oxygen atoms in total. The van der Waals surface area contributed by atoms with Crippen molar-refractivity contribution in [1.29, 1.82) is 0 Å². The maximum Gasteiger partial charge on any atom is 0.352 e. The first-order valence-electron chi connectivity index (χ1n) is 2.14. The molecule has 8 heavy (non-hydrogen) atoms. The summed E-state index contributed by atoms with van der Waals surface area (Å²) in [6, 6.07) is 0. The van der Waals surface area contributed by atoms with Gasteiger partial charge in [-0.2, -0.15) is 8.78 Å². The average molecular weight is 145 g/mol. The van der Waals surface area contributed by atoms with E-state index in [4.69, 9.17) is 11.6 Å². The highest BCUT2D eigenvalue weighted by Gasteiger charge is 2.20. The molecule has 50 valence electrons. The van der Waals surface area contributed by atoms with E-state index in [9.17, 15) is 8.78 Å². The molecule has 0 fully saturated rings. The topological polar surface area (TPSA) is 9.23 Å². The number of ether oxygens (including phenoxy) is 1. The summed E-state index contributed by atoms with van der Waals surface area (Å²) < 4.78 is 27.2. The van der Waals surface area contributed by atoms with Crippen LogP contribution in [0.5, 0.6) is 0 Å². The molecular formula is C4H7ClF2O. The van der Waals surface area contributed by atoms with Crippen molar-refractivity contribution in [2.45, 2.75) is 13.0 Å². The SMILES string of the molecule is CC(F)(F)OCCCl. The Morgan fingerprint density at radius 1 is 1.62 bits per heavy atom. The third kappa shape index (κ3) is 6.11. The zero-order valence-electron chi connectivity index (χ0n) is 4.46. The lowest BCUT2D eigenvalue weighted by Crippen LogP contribution is -2.16. The lowest BCUT2D eigenvalue weighted by molar-refractivity contribution is -0.220. The molecule has 0 aromatic rings. The van der Waals surface area contributed by atoms with Gasteiger partial charge in [0.1, 0.15) is 0 Å². The van der Waals surface area contributed by atoms with Crippen molar-refractivity contribution < 1.29 is 13.5 Å². The van der Waals surface area contributed by atoms with Crippen LogP contribution in [0.2, 0.25) is 0 Å². The molecule has 4 heteroatoms. The molecule has 0 aromatic heterocycles. The molecule has 0 unspecified atom stereocenters. The highest BCUT2D eigenvalue weighted by atomic mass is 35.5. The summed E-state index contributed by atoms with van der Waals surface area (Å²) in [4.78, 5) is 0. The second kappa shape index (κ2) is 3.20. The minimum Gasteiger partial charge on any atom is -0.319 e. The predicted molar refractivity (Wildman–Crippen MR) is 27.3 cm³/mol. The molecule has 0 atom stereocenters. The normalized spacial score (nSPS) is 12.0. The largest absolute Gasteiger partial charge is 0.352 e. The molecule has 0 aliphatic carbocycles. The van der Waals surface area contributed by atoms with E-state index in [2.05, 4.69) is 4.74 Å². The number of alkyl halides is 3. The summed E-state index contributed by atoms with van der Waals surface area (Å²) in [5.41, 5.74) is 0. The van der Waals surface area contributed by atoms with Crippen LogP contribution < -0.4 is 0 Å². The molecule has 0 aliphatic heterocycles. The van der Waals surface area contributed by atoms with Crippen molar-refractivity contribution >= 4 is 11.6 Å². The van der Waals surface area contributed by atoms with Crippen LogP contribution in [0.25, 0.3) is 0 Å². The van der Waals surface area contributed by atoms with Crippen LogP contribution in [0.3, 0.4) is 0 Å². The maximum absolute atomic E-state index is 11.6. The molecule has 0 N–H and O–H groups in total. The van der Waals surface area contributed by atoms with Crippen molar-refractivity contribution in [2.24, 2.45) is 0 Å². The van der Waals surface area contributed by atoms with Crippen molar-refractivity contribution in [3.8, 4) is 0 Å². The van der Waals surface area contributed by atoms with Gasteiger partial charge in [0.15, 0.2) is 0 Å². The van der Waals surface area contributed by atoms with Crippen LogP contribution in [0.1, 0.15) is 6.92 Å². The smallest absolute Gasteiger partial charge is 0.319 e. The third-order valence-corrected chi connectivity index (χ3v) is 0.587. The lowest BCUT2D eigenvalue weighted by atomic mass is 10.7. The summed E-state index contributed by atoms with van der Waals surface area (Å²) >= 11 is 5.05. The average Bonchev–Trinajstić information content (AvgIpc) is 1.59. The highest BCUT2D eigenvalue weighted by molar-refractivity contribution is 6.17. The molecule has 0 heterocycles. The Bertz CT molecular complexity index is 61.5. The van der Waals surface area contributed by atoms with Gasteiger partial charge in [0.2, 0.25) is 0 Å². The first-order chi connectivity index (χ1) is 3.56. The molecule has 0 amide bonds. The Balaban J connectivity index is 3.11. The Kier molecular flexibility index (Phi) is 3.24. The Labute approximate surface area is 51.6 Å². The molecule has 0 aromatic carbocycles. The van der Waals surface area contributed by atoms with Crippen LogP contribution in [0, 0.1) is 0 Å². The summed E-state index contributed by atoms with van der Waals surface area (Å²) in [6.07, 6.45) is -3.03. The fraction of sp³-hybridized carbons (Fsp3) is 1.00. The number of rotatable bonds is 3. The van der Waals surface area contributed by atoms with E-state index in [1.165, 1.54) is 0 Å². The predicted octanol–water partition coefficient (Wildman–Crippen LogP) is 1.85. The molecule has 0 radical (unpaired) electrons. The van der Waals surface area contributed by atoms with Crippen molar-refractivity contribution in [2.75, 3.05) is 12.5 Å². The quantitative estimate of drug-likeness (QED) is 0.550. The standard InChI is InChI=1S/C4H7ClF2O/c1-4(6,7)8-3-2-5/h2-3H2,1H3. The van der Waals surface area contributed by atoms with Crippen LogP contribution in [0.4, 0.5) is 8.78 Å². The third-order valence-electron chi connectivity index (χ3n) is 0.433. The summed E-state index contributed by atoms with van der Waals surface area (Å²) in [6.45, 7) is 0.574. The van der Waals surface area contributed by atoms with Crippen LogP contribution in [-0.2, 0) is 4.74 Å². The summed E-state index contributed by atoms with van der Waals surface area (Å²) in [5, 5.41) is 0. The van der Waals surface area contributed by atoms with Gasteiger partial charge in [-0.05, 0) is 0 Å². The number of hydrogen-bond donors (Lipinski definition) is 0. The van der Waals surface area contributed by atoms with E-state index in [-0.39, 0.29) is 12.5 Å². The molecular weight excluding hydrogens is 137 g/mol. The lowest BCUT2D eigenvalue weighted by Gasteiger charge is -2.08. The zero-order chi connectivity index (χ0) is 6.62. The van der Waals surface area contributed by atoms with Gasteiger partial charge < -0.3 is 4.74 Å². The van der Waals surface area contributed by atoms with Gasteiger partial charge in [-0.1, -0.05) is 0 Å². The minimum absolute atomic E-state index is 0.101. The van der Waals surface area contributed by atoms with E-state index in [1.807, 2.05) is 0 Å². The zero-order valence-corrected chi connectivity index (χ0v) is 5.21. The summed E-state index contributed by atoms with van der Waals surface area (Å²) in [5.74, 6) is 0.101. The van der Waals surface area contributed by atoms with E-state index >= 15 is 0 Å². The Hall–Kier alpha value is 0.110. The minimum atomic E-state index is -3.03. The number of hydrogen-bond acceptors (Lipinski definition) is 1. The van der Waals surface area contributed by atoms with E-state index < -0.39 is 6.11 Å². The van der Waals surface area contributed by atoms with Crippen LogP contribution in [-0.4, -0.2) is 18.6 Å². The molecule has 0 saturated carbocycles. The maximum atomic E-state index is 11.6. The second-order valence-corrected chi connectivity index (χ2v) is 1.72. The van der Waals surface area contributed by atoms with Crippen molar-refractivity contribution in [3.63, 3.8) is 0 Å². The van der Waals surface area contributed by atoms with Crippen molar-refractivity contribution in [3.05, 3.63) is 0 Å². The Morgan fingerprint density at radius 3 is 2.25 bits per heavy atom. The van der Waals surface area contributed by atoms with E-state index in [0.29, 0.717) is 6.92 Å². The molecule has 0 rings (SSSR count). The van der Waals surface area contributed by atoms with Gasteiger partial charge in [-0.3, -0.25) is 0 Å². The first-order valence-corrected chi connectivity index (χ1v) is 2.67. The Morgan fingerprint density at radius 2 is 2.12 bits per heavy atom. The van der Waals surface area contributed by atoms with Crippen molar-refractivity contribution in [1.82, 2.24) is 0 Å². The first kappa shape index (κ1) is 8.11. The van der Waals surface area contributed by atoms with Gasteiger partial charge in [0.25, 0.3) is 0 Å². The highest BCUT2D eigenvalue weighted by Crippen LogP contribution is 2.12. The van der Waals surface area contributed by atoms with Gasteiger partial charge in [-0.25, -0.2) is 0 Å².